The number of rotatable bonds is 5. The molecule has 26 heavy (non-hydrogen) atoms. The number of hydrogen-bond donors (Lipinski definition) is 1. The minimum absolute atomic E-state index is 0.142. The molecule has 0 heterocycles. The lowest BCUT2D eigenvalue weighted by Crippen LogP contribution is -2.42. The van der Waals surface area contributed by atoms with Crippen LogP contribution in [0, 0.1) is 11.8 Å². The molecule has 1 saturated carbocycles. The van der Waals surface area contributed by atoms with Crippen molar-refractivity contribution < 1.29 is 19.4 Å². The van der Waals surface area contributed by atoms with Crippen molar-refractivity contribution in [2.75, 3.05) is 6.61 Å². The zero-order chi connectivity index (χ0) is 18.5. The van der Waals surface area contributed by atoms with Gasteiger partial charge in [-0.1, -0.05) is 60.7 Å². The largest absolute Gasteiger partial charge is 0.481 e. The summed E-state index contributed by atoms with van der Waals surface area (Å²) in [6.45, 7) is 2.00. The zero-order valence-corrected chi connectivity index (χ0v) is 14.9. The molecular formula is C22H24O4. The molecule has 3 rings (SSSR count). The number of aliphatic carboxylic acids is 1. The van der Waals surface area contributed by atoms with Crippen molar-refractivity contribution >= 4 is 11.9 Å². The first-order valence-corrected chi connectivity index (χ1v) is 9.12. The molecule has 0 aromatic heterocycles. The van der Waals surface area contributed by atoms with E-state index in [2.05, 4.69) is 0 Å². The highest BCUT2D eigenvalue weighted by molar-refractivity contribution is 5.83. The van der Waals surface area contributed by atoms with Crippen molar-refractivity contribution in [1.29, 1.82) is 0 Å². The van der Waals surface area contributed by atoms with E-state index in [4.69, 9.17) is 4.74 Å². The van der Waals surface area contributed by atoms with Crippen LogP contribution in [0.1, 0.15) is 42.7 Å². The van der Waals surface area contributed by atoms with Gasteiger partial charge in [0.2, 0.25) is 0 Å². The monoisotopic (exact) mass is 352 g/mol. The molecule has 2 aromatic rings. The van der Waals surface area contributed by atoms with E-state index in [1.807, 2.05) is 60.7 Å². The summed E-state index contributed by atoms with van der Waals surface area (Å²) in [5.41, 5.74) is 1.98. The quantitative estimate of drug-likeness (QED) is 0.818. The number of hydrogen-bond acceptors (Lipinski definition) is 3. The van der Waals surface area contributed by atoms with E-state index >= 15 is 0 Å². The van der Waals surface area contributed by atoms with Crippen LogP contribution in [0.15, 0.2) is 60.7 Å². The Balaban J connectivity index is 2.03. The van der Waals surface area contributed by atoms with Crippen LogP contribution in [-0.4, -0.2) is 23.7 Å². The summed E-state index contributed by atoms with van der Waals surface area (Å²) >= 11 is 0. The molecule has 1 fully saturated rings. The van der Waals surface area contributed by atoms with Crippen molar-refractivity contribution in [1.82, 2.24) is 0 Å². The SMILES string of the molecule is CCOC(=O)C1C(c2ccccc2)CCC(c2ccccc2)C1C(=O)O. The Bertz CT molecular complexity index is 741. The molecule has 0 saturated heterocycles. The number of esters is 1. The minimum Gasteiger partial charge on any atom is -0.481 e. The number of ether oxygens (including phenoxy) is 1. The van der Waals surface area contributed by atoms with Crippen molar-refractivity contribution in [3.05, 3.63) is 71.8 Å². The Labute approximate surface area is 153 Å². The van der Waals surface area contributed by atoms with Gasteiger partial charge in [0.25, 0.3) is 0 Å². The highest BCUT2D eigenvalue weighted by Crippen LogP contribution is 2.48. The minimum atomic E-state index is -0.933. The highest BCUT2D eigenvalue weighted by atomic mass is 16.5. The maximum absolute atomic E-state index is 12.8. The summed E-state index contributed by atoms with van der Waals surface area (Å²) < 4.78 is 5.30. The molecule has 1 N–H and O–H groups in total. The standard InChI is InChI=1S/C22H24O4/c1-2-26-22(25)20-18(16-11-7-4-8-12-16)14-13-17(19(20)21(23)24)15-9-5-3-6-10-15/h3-12,17-20H,2,13-14H2,1H3,(H,23,24). The second-order valence-corrected chi connectivity index (χ2v) is 6.75. The predicted octanol–water partition coefficient (Wildman–Crippen LogP) is 4.23. The summed E-state index contributed by atoms with van der Waals surface area (Å²) in [5.74, 6) is -3.16. The average molecular weight is 352 g/mol. The fourth-order valence-corrected chi connectivity index (χ4v) is 4.24. The summed E-state index contributed by atoms with van der Waals surface area (Å²) in [5, 5.41) is 10.0. The van der Waals surface area contributed by atoms with Crippen LogP contribution >= 0.6 is 0 Å². The fourth-order valence-electron chi connectivity index (χ4n) is 4.24. The number of carboxylic acid groups (broad SMARTS) is 1. The van der Waals surface area contributed by atoms with Gasteiger partial charge in [-0.25, -0.2) is 0 Å². The van der Waals surface area contributed by atoms with E-state index in [9.17, 15) is 14.7 Å². The topological polar surface area (TPSA) is 63.6 Å². The van der Waals surface area contributed by atoms with Gasteiger partial charge in [0.15, 0.2) is 0 Å². The molecule has 0 bridgehead atoms. The molecule has 4 atom stereocenters. The van der Waals surface area contributed by atoms with E-state index in [0.717, 1.165) is 24.0 Å². The van der Waals surface area contributed by atoms with Gasteiger partial charge in [-0.05, 0) is 42.7 Å². The molecule has 1 aliphatic carbocycles. The first kappa shape index (κ1) is 18.2. The smallest absolute Gasteiger partial charge is 0.310 e. The second kappa shape index (κ2) is 8.17. The van der Waals surface area contributed by atoms with E-state index in [1.165, 1.54) is 0 Å². The van der Waals surface area contributed by atoms with Crippen LogP contribution in [0.2, 0.25) is 0 Å². The third-order valence-electron chi connectivity index (χ3n) is 5.34. The number of carboxylic acids is 1. The van der Waals surface area contributed by atoms with Crippen LogP contribution < -0.4 is 0 Å². The third kappa shape index (κ3) is 3.64. The van der Waals surface area contributed by atoms with Gasteiger partial charge in [-0.2, -0.15) is 0 Å². The Morgan fingerprint density at radius 2 is 1.35 bits per heavy atom. The van der Waals surface area contributed by atoms with Gasteiger partial charge >= 0.3 is 11.9 Å². The Morgan fingerprint density at radius 1 is 0.885 bits per heavy atom. The number of carbonyl (C=O) groups is 2. The Morgan fingerprint density at radius 3 is 1.77 bits per heavy atom. The number of benzene rings is 2. The molecular weight excluding hydrogens is 328 g/mol. The van der Waals surface area contributed by atoms with Crippen molar-refractivity contribution in [3.8, 4) is 0 Å². The van der Waals surface area contributed by atoms with Crippen molar-refractivity contribution in [2.45, 2.75) is 31.6 Å². The van der Waals surface area contributed by atoms with Gasteiger partial charge in [0.1, 0.15) is 0 Å². The molecule has 136 valence electrons. The molecule has 1 aliphatic rings. The molecule has 4 heteroatoms. The van der Waals surface area contributed by atoms with Crippen LogP contribution in [0.25, 0.3) is 0 Å². The lowest BCUT2D eigenvalue weighted by atomic mass is 9.63. The summed E-state index contributed by atoms with van der Waals surface area (Å²) in [6.07, 6.45) is 1.49. The van der Waals surface area contributed by atoms with Crippen molar-refractivity contribution in [3.63, 3.8) is 0 Å². The van der Waals surface area contributed by atoms with Gasteiger partial charge in [-0.15, -0.1) is 0 Å². The maximum Gasteiger partial charge on any atom is 0.310 e. The van der Waals surface area contributed by atoms with Gasteiger partial charge < -0.3 is 9.84 Å². The van der Waals surface area contributed by atoms with E-state index in [1.54, 1.807) is 6.92 Å². The molecule has 2 aromatic carbocycles. The molecule has 0 spiro atoms. The summed E-state index contributed by atoms with van der Waals surface area (Å²) in [6, 6.07) is 19.4. The molecule has 4 unspecified atom stereocenters. The van der Waals surface area contributed by atoms with Gasteiger partial charge in [0.05, 0.1) is 18.4 Å². The summed E-state index contributed by atoms with van der Waals surface area (Å²) in [4.78, 5) is 25.0. The second-order valence-electron chi connectivity index (χ2n) is 6.75. The predicted molar refractivity (Wildman–Crippen MR) is 98.8 cm³/mol. The fraction of sp³-hybridized carbons (Fsp3) is 0.364. The highest BCUT2D eigenvalue weighted by Gasteiger charge is 2.48. The number of carbonyl (C=O) groups excluding carboxylic acids is 1. The third-order valence-corrected chi connectivity index (χ3v) is 5.34. The summed E-state index contributed by atoms with van der Waals surface area (Å²) in [7, 11) is 0. The van der Waals surface area contributed by atoms with Crippen LogP contribution in [-0.2, 0) is 14.3 Å². The Kier molecular flexibility index (Phi) is 5.71. The maximum atomic E-state index is 12.8. The average Bonchev–Trinajstić information content (AvgIpc) is 2.68. The molecule has 0 radical (unpaired) electrons. The Hall–Kier alpha value is -2.62. The van der Waals surface area contributed by atoms with Gasteiger partial charge in [-0.3, -0.25) is 9.59 Å². The molecule has 0 amide bonds. The van der Waals surface area contributed by atoms with Gasteiger partial charge in [0, 0.05) is 0 Å². The lowest BCUT2D eigenvalue weighted by molar-refractivity contribution is -0.161. The normalized spacial score (nSPS) is 25.4. The van der Waals surface area contributed by atoms with E-state index in [0.29, 0.717) is 0 Å². The van der Waals surface area contributed by atoms with Crippen LogP contribution in [0.5, 0.6) is 0 Å². The van der Waals surface area contributed by atoms with Crippen molar-refractivity contribution in [2.24, 2.45) is 11.8 Å². The zero-order valence-electron chi connectivity index (χ0n) is 14.9. The molecule has 4 nitrogen and oxygen atoms in total. The van der Waals surface area contributed by atoms with E-state index in [-0.39, 0.29) is 18.4 Å². The molecule has 0 aliphatic heterocycles. The van der Waals surface area contributed by atoms with E-state index < -0.39 is 23.8 Å². The lowest BCUT2D eigenvalue weighted by Gasteiger charge is -2.40. The first-order valence-electron chi connectivity index (χ1n) is 9.12. The first-order chi connectivity index (χ1) is 12.6. The van der Waals surface area contributed by atoms with Crippen LogP contribution in [0.3, 0.4) is 0 Å². The van der Waals surface area contributed by atoms with Crippen LogP contribution in [0.4, 0.5) is 0 Å².